The lowest BCUT2D eigenvalue weighted by atomic mass is 9.84. The van der Waals surface area contributed by atoms with Crippen molar-refractivity contribution in [1.82, 2.24) is 14.1 Å². The van der Waals surface area contributed by atoms with Crippen LogP contribution in [0.5, 0.6) is 17.2 Å². The van der Waals surface area contributed by atoms with Crippen LogP contribution in [0.1, 0.15) is 63.9 Å². The normalized spacial score (nSPS) is 23.9. The highest BCUT2D eigenvalue weighted by Gasteiger charge is 2.48. The standard InChI is InChI=1S/C28H43N3O8S/c1-4-6-10-29(11-7-5-2)25(32)18-30-17-21(20-15-23(37-3)27-24(16-20)38-19-39-27)26(28(33)34)22(30)9-13-31-12-8-14-40(31,35)36/h15-16,21-22,26H,4-14,17-19H2,1-3H3,(H,33,34)/t21-,22+,26-/m1/s1. The van der Waals surface area contributed by atoms with Gasteiger partial charge in [0.2, 0.25) is 28.5 Å². The summed E-state index contributed by atoms with van der Waals surface area (Å²) < 4.78 is 43.1. The van der Waals surface area contributed by atoms with Crippen molar-refractivity contribution in [1.29, 1.82) is 0 Å². The minimum Gasteiger partial charge on any atom is -0.493 e. The van der Waals surface area contributed by atoms with Gasteiger partial charge in [0.1, 0.15) is 0 Å². The number of benzene rings is 1. The van der Waals surface area contributed by atoms with Gasteiger partial charge in [0, 0.05) is 44.7 Å². The number of amides is 1. The molecule has 0 bridgehead atoms. The number of hydrogen-bond acceptors (Lipinski definition) is 8. The number of carboxylic acid groups (broad SMARTS) is 1. The maximum Gasteiger partial charge on any atom is 0.308 e. The molecule has 11 nitrogen and oxygen atoms in total. The van der Waals surface area contributed by atoms with E-state index in [1.54, 1.807) is 12.1 Å². The molecule has 1 aromatic rings. The number of unbranched alkanes of at least 4 members (excludes halogenated alkanes) is 2. The van der Waals surface area contributed by atoms with Crippen LogP contribution in [0.15, 0.2) is 12.1 Å². The third-order valence-electron chi connectivity index (χ3n) is 8.27. The van der Waals surface area contributed by atoms with Gasteiger partial charge in [-0.15, -0.1) is 0 Å². The van der Waals surface area contributed by atoms with Gasteiger partial charge in [-0.2, -0.15) is 0 Å². The summed E-state index contributed by atoms with van der Waals surface area (Å²) in [5.74, 6) is -0.718. The molecule has 2 saturated heterocycles. The molecular weight excluding hydrogens is 538 g/mol. The third-order valence-corrected chi connectivity index (χ3v) is 10.2. The van der Waals surface area contributed by atoms with Crippen LogP contribution >= 0.6 is 0 Å². The average molecular weight is 582 g/mol. The third kappa shape index (κ3) is 6.66. The number of likely N-dealkylation sites (tertiary alicyclic amines) is 1. The summed E-state index contributed by atoms with van der Waals surface area (Å²) in [6, 6.07) is 3.07. The summed E-state index contributed by atoms with van der Waals surface area (Å²) in [6.45, 7) is 6.69. The van der Waals surface area contributed by atoms with Gasteiger partial charge < -0.3 is 24.2 Å². The van der Waals surface area contributed by atoms with Crippen LogP contribution in [0, 0.1) is 5.92 Å². The Labute approximate surface area is 237 Å². The lowest BCUT2D eigenvalue weighted by Gasteiger charge is -2.30. The molecule has 3 aliphatic rings. The summed E-state index contributed by atoms with van der Waals surface area (Å²) >= 11 is 0. The quantitative estimate of drug-likeness (QED) is 0.353. The Kier molecular flexibility index (Phi) is 10.2. The SMILES string of the molecule is CCCCN(CCCC)C(=O)CN1C[C@H](c2cc(OC)c3c(c2)OCO3)[C@@H](C(=O)O)[C@@H]1CCN1CCCS1(=O)=O. The predicted molar refractivity (Wildman–Crippen MR) is 149 cm³/mol. The molecule has 1 amide bonds. The highest BCUT2D eigenvalue weighted by molar-refractivity contribution is 7.89. The van der Waals surface area contributed by atoms with E-state index in [2.05, 4.69) is 13.8 Å². The van der Waals surface area contributed by atoms with Crippen LogP contribution in [0.25, 0.3) is 0 Å². The predicted octanol–water partition coefficient (Wildman–Crippen LogP) is 2.75. The number of methoxy groups -OCH3 is 1. The zero-order valence-corrected chi connectivity index (χ0v) is 24.7. The van der Waals surface area contributed by atoms with E-state index in [9.17, 15) is 23.1 Å². The van der Waals surface area contributed by atoms with Crippen LogP contribution in [0.4, 0.5) is 0 Å². The van der Waals surface area contributed by atoms with Crippen LogP contribution in [0.3, 0.4) is 0 Å². The van der Waals surface area contributed by atoms with Crippen molar-refractivity contribution >= 4 is 21.9 Å². The average Bonchev–Trinajstić information content (AvgIpc) is 3.63. The lowest BCUT2D eigenvalue weighted by Crippen LogP contribution is -2.45. The second-order valence-corrected chi connectivity index (χ2v) is 13.0. The van der Waals surface area contributed by atoms with Crippen molar-refractivity contribution in [3.63, 3.8) is 0 Å². The van der Waals surface area contributed by atoms with Crippen molar-refractivity contribution in [2.45, 2.75) is 64.3 Å². The first-order valence-electron chi connectivity index (χ1n) is 14.4. The van der Waals surface area contributed by atoms with Crippen molar-refractivity contribution in [2.75, 3.05) is 58.9 Å². The second-order valence-electron chi connectivity index (χ2n) is 10.9. The smallest absolute Gasteiger partial charge is 0.308 e. The summed E-state index contributed by atoms with van der Waals surface area (Å²) in [7, 11) is -1.80. The molecule has 3 heterocycles. The van der Waals surface area contributed by atoms with E-state index in [-0.39, 0.29) is 31.5 Å². The van der Waals surface area contributed by atoms with Crippen LogP contribution in [0.2, 0.25) is 0 Å². The number of nitrogens with zero attached hydrogens (tertiary/aromatic N) is 3. The Morgan fingerprint density at radius 3 is 2.48 bits per heavy atom. The van der Waals surface area contributed by atoms with Crippen molar-refractivity contribution in [3.8, 4) is 17.2 Å². The summed E-state index contributed by atoms with van der Waals surface area (Å²) in [4.78, 5) is 30.2. The van der Waals surface area contributed by atoms with Crippen LogP contribution < -0.4 is 14.2 Å². The zero-order chi connectivity index (χ0) is 28.9. The Hall–Kier alpha value is -2.57. The Bertz CT molecular complexity index is 1150. The highest BCUT2D eigenvalue weighted by Crippen LogP contribution is 2.47. The number of rotatable bonds is 14. The molecule has 0 aliphatic carbocycles. The lowest BCUT2D eigenvalue weighted by molar-refractivity contribution is -0.143. The molecule has 3 aliphatic heterocycles. The molecule has 2 fully saturated rings. The first kappa shape index (κ1) is 30.4. The fourth-order valence-corrected chi connectivity index (χ4v) is 7.65. The van der Waals surface area contributed by atoms with Crippen LogP contribution in [-0.4, -0.2) is 104 Å². The van der Waals surface area contributed by atoms with E-state index in [0.717, 1.165) is 31.2 Å². The minimum atomic E-state index is -3.33. The molecule has 0 aromatic heterocycles. The fraction of sp³-hybridized carbons (Fsp3) is 0.714. The summed E-state index contributed by atoms with van der Waals surface area (Å²) in [5, 5.41) is 10.5. The first-order valence-corrected chi connectivity index (χ1v) is 16.0. The number of sulfonamides is 1. The summed E-state index contributed by atoms with van der Waals surface area (Å²) in [5.41, 5.74) is 0.732. The van der Waals surface area contributed by atoms with Gasteiger partial charge in [-0.05, 0) is 43.4 Å². The maximum atomic E-state index is 13.6. The van der Waals surface area contributed by atoms with Gasteiger partial charge in [0.05, 0.1) is 25.3 Å². The number of aliphatic carboxylic acids is 1. The van der Waals surface area contributed by atoms with E-state index in [1.165, 1.54) is 11.4 Å². The van der Waals surface area contributed by atoms with Crippen molar-refractivity contribution < 1.29 is 37.3 Å². The zero-order valence-electron chi connectivity index (χ0n) is 23.8. The maximum absolute atomic E-state index is 13.6. The number of hydrogen-bond donors (Lipinski definition) is 1. The van der Waals surface area contributed by atoms with Crippen molar-refractivity contribution in [3.05, 3.63) is 17.7 Å². The van der Waals surface area contributed by atoms with Gasteiger partial charge >= 0.3 is 5.97 Å². The van der Waals surface area contributed by atoms with E-state index >= 15 is 0 Å². The largest absolute Gasteiger partial charge is 0.493 e. The molecule has 0 spiro atoms. The monoisotopic (exact) mass is 581 g/mol. The highest BCUT2D eigenvalue weighted by atomic mass is 32.2. The molecule has 40 heavy (non-hydrogen) atoms. The van der Waals surface area contributed by atoms with Crippen molar-refractivity contribution in [2.24, 2.45) is 5.92 Å². The topological polar surface area (TPSA) is 126 Å². The summed E-state index contributed by atoms with van der Waals surface area (Å²) in [6.07, 6.45) is 4.65. The molecule has 1 aromatic carbocycles. The van der Waals surface area contributed by atoms with Gasteiger partial charge in [-0.25, -0.2) is 12.7 Å². The molecule has 0 radical (unpaired) electrons. The van der Waals surface area contributed by atoms with E-state index in [4.69, 9.17) is 14.2 Å². The van der Waals surface area contributed by atoms with E-state index < -0.39 is 33.9 Å². The fourth-order valence-electron chi connectivity index (χ4n) is 6.11. The number of fused-ring (bicyclic) bond motifs is 1. The molecule has 0 saturated carbocycles. The Balaban J connectivity index is 1.63. The first-order chi connectivity index (χ1) is 19.2. The number of carboxylic acids is 1. The van der Waals surface area contributed by atoms with Crippen LogP contribution in [-0.2, 0) is 19.6 Å². The number of carbonyl (C=O) groups is 2. The van der Waals surface area contributed by atoms with Gasteiger partial charge in [-0.3, -0.25) is 14.5 Å². The second kappa shape index (κ2) is 13.4. The molecule has 0 unspecified atom stereocenters. The molecule has 4 rings (SSSR count). The number of ether oxygens (including phenoxy) is 3. The molecular formula is C28H43N3O8S. The van der Waals surface area contributed by atoms with Gasteiger partial charge in [-0.1, -0.05) is 26.7 Å². The Morgan fingerprint density at radius 1 is 1.15 bits per heavy atom. The Morgan fingerprint density at radius 2 is 1.88 bits per heavy atom. The molecule has 3 atom stereocenters. The number of carbonyl (C=O) groups excluding carboxylic acids is 1. The van der Waals surface area contributed by atoms with E-state index in [0.29, 0.717) is 56.3 Å². The van der Waals surface area contributed by atoms with E-state index in [1.807, 2.05) is 9.80 Å². The molecule has 12 heteroatoms. The molecule has 1 N–H and O–H groups in total. The minimum absolute atomic E-state index is 0.0197. The van der Waals surface area contributed by atoms with Gasteiger partial charge in [0.15, 0.2) is 11.5 Å². The molecule has 224 valence electrons. The van der Waals surface area contributed by atoms with Gasteiger partial charge in [0.25, 0.3) is 0 Å².